The minimum Gasteiger partial charge on any atom is -0.469 e. The van der Waals surface area contributed by atoms with Crippen LogP contribution in [-0.2, 0) is 9.53 Å². The summed E-state index contributed by atoms with van der Waals surface area (Å²) in [4.78, 5) is 13.3. The fourth-order valence-corrected chi connectivity index (χ4v) is 1.46. The van der Waals surface area contributed by atoms with E-state index in [4.69, 9.17) is 4.74 Å². The van der Waals surface area contributed by atoms with Crippen molar-refractivity contribution in [2.45, 2.75) is 12.8 Å². The van der Waals surface area contributed by atoms with Crippen molar-refractivity contribution in [3.63, 3.8) is 0 Å². The van der Waals surface area contributed by atoms with E-state index in [9.17, 15) is 4.79 Å². The molecule has 0 aliphatic heterocycles. The average Bonchev–Trinajstić information content (AvgIpc) is 2.81. The standard InChI is InChI=1S/C9H17NO2/c1-10(2)6-8(7-4-5-7)9(11)12-3/h7-8H,4-6H2,1-3H3. The topological polar surface area (TPSA) is 29.5 Å². The van der Waals surface area contributed by atoms with Gasteiger partial charge in [0.1, 0.15) is 0 Å². The predicted octanol–water partition coefficient (Wildman–Crippen LogP) is 0.747. The van der Waals surface area contributed by atoms with Crippen molar-refractivity contribution in [3.8, 4) is 0 Å². The van der Waals surface area contributed by atoms with E-state index in [1.165, 1.54) is 20.0 Å². The molecule has 1 aliphatic rings. The summed E-state index contributed by atoms with van der Waals surface area (Å²) in [6.45, 7) is 0.817. The van der Waals surface area contributed by atoms with Gasteiger partial charge in [0.05, 0.1) is 13.0 Å². The van der Waals surface area contributed by atoms with Crippen molar-refractivity contribution >= 4 is 5.97 Å². The van der Waals surface area contributed by atoms with Gasteiger partial charge in [-0.15, -0.1) is 0 Å². The average molecular weight is 171 g/mol. The number of carbonyl (C=O) groups is 1. The van der Waals surface area contributed by atoms with Gasteiger partial charge in [-0.25, -0.2) is 0 Å². The predicted molar refractivity (Wildman–Crippen MR) is 46.8 cm³/mol. The molecule has 12 heavy (non-hydrogen) atoms. The highest BCUT2D eigenvalue weighted by Crippen LogP contribution is 2.37. The highest BCUT2D eigenvalue weighted by Gasteiger charge is 2.36. The summed E-state index contributed by atoms with van der Waals surface area (Å²) in [7, 11) is 5.43. The van der Waals surface area contributed by atoms with Gasteiger partial charge in [0.25, 0.3) is 0 Å². The number of carbonyl (C=O) groups excluding carboxylic acids is 1. The van der Waals surface area contributed by atoms with Crippen molar-refractivity contribution in [1.29, 1.82) is 0 Å². The summed E-state index contributed by atoms with van der Waals surface area (Å²) < 4.78 is 4.75. The molecule has 1 saturated carbocycles. The van der Waals surface area contributed by atoms with Crippen LogP contribution in [-0.4, -0.2) is 38.6 Å². The van der Waals surface area contributed by atoms with Gasteiger partial charge in [0.15, 0.2) is 0 Å². The van der Waals surface area contributed by atoms with E-state index in [2.05, 4.69) is 0 Å². The van der Waals surface area contributed by atoms with E-state index in [0.717, 1.165) is 6.54 Å². The molecule has 1 atom stereocenters. The molecule has 0 aromatic heterocycles. The maximum absolute atomic E-state index is 11.3. The minimum atomic E-state index is -0.0498. The zero-order chi connectivity index (χ0) is 9.14. The molecule has 3 heteroatoms. The molecule has 0 bridgehead atoms. The molecule has 1 aliphatic carbocycles. The summed E-state index contributed by atoms with van der Waals surface area (Å²) in [6, 6.07) is 0. The number of methoxy groups -OCH3 is 1. The van der Waals surface area contributed by atoms with Crippen LogP contribution in [0.3, 0.4) is 0 Å². The number of nitrogens with zero attached hydrogens (tertiary/aromatic N) is 1. The Morgan fingerprint density at radius 2 is 2.17 bits per heavy atom. The molecule has 0 aromatic rings. The summed E-state index contributed by atoms with van der Waals surface area (Å²) in [5, 5.41) is 0. The van der Waals surface area contributed by atoms with E-state index in [0.29, 0.717) is 5.92 Å². The first-order valence-corrected chi connectivity index (χ1v) is 4.37. The highest BCUT2D eigenvalue weighted by molar-refractivity contribution is 5.73. The first-order valence-electron chi connectivity index (χ1n) is 4.37. The molecule has 0 aromatic carbocycles. The second-order valence-corrected chi connectivity index (χ2v) is 3.73. The van der Waals surface area contributed by atoms with E-state index < -0.39 is 0 Å². The zero-order valence-electron chi connectivity index (χ0n) is 8.04. The third-order valence-corrected chi connectivity index (χ3v) is 2.26. The maximum Gasteiger partial charge on any atom is 0.310 e. The van der Waals surface area contributed by atoms with Crippen molar-refractivity contribution < 1.29 is 9.53 Å². The summed E-state index contributed by atoms with van der Waals surface area (Å²) in [5.74, 6) is 0.635. The smallest absolute Gasteiger partial charge is 0.310 e. The summed E-state index contributed by atoms with van der Waals surface area (Å²) in [5.41, 5.74) is 0. The van der Waals surface area contributed by atoms with Crippen LogP contribution in [0.1, 0.15) is 12.8 Å². The summed E-state index contributed by atoms with van der Waals surface area (Å²) in [6.07, 6.45) is 2.38. The number of hydrogen-bond acceptors (Lipinski definition) is 3. The summed E-state index contributed by atoms with van der Waals surface area (Å²) >= 11 is 0. The fraction of sp³-hybridized carbons (Fsp3) is 0.889. The number of hydrogen-bond donors (Lipinski definition) is 0. The second-order valence-electron chi connectivity index (χ2n) is 3.73. The Morgan fingerprint density at radius 3 is 2.50 bits per heavy atom. The number of rotatable bonds is 4. The van der Waals surface area contributed by atoms with Crippen molar-refractivity contribution in [2.75, 3.05) is 27.7 Å². The number of esters is 1. The van der Waals surface area contributed by atoms with E-state index >= 15 is 0 Å². The lowest BCUT2D eigenvalue weighted by atomic mass is 10.0. The molecular formula is C9H17NO2. The highest BCUT2D eigenvalue weighted by atomic mass is 16.5. The largest absolute Gasteiger partial charge is 0.469 e. The third kappa shape index (κ3) is 2.48. The molecule has 0 N–H and O–H groups in total. The van der Waals surface area contributed by atoms with Crippen LogP contribution in [0.5, 0.6) is 0 Å². The molecule has 3 nitrogen and oxygen atoms in total. The lowest BCUT2D eigenvalue weighted by Crippen LogP contribution is -2.30. The van der Waals surface area contributed by atoms with Gasteiger partial charge in [0, 0.05) is 6.54 Å². The van der Waals surface area contributed by atoms with Crippen molar-refractivity contribution in [1.82, 2.24) is 4.90 Å². The SMILES string of the molecule is COC(=O)C(CN(C)C)C1CC1. The van der Waals surface area contributed by atoms with Crippen molar-refractivity contribution in [3.05, 3.63) is 0 Å². The monoisotopic (exact) mass is 171 g/mol. The van der Waals surface area contributed by atoms with Gasteiger partial charge < -0.3 is 9.64 Å². The molecule has 0 heterocycles. The second kappa shape index (κ2) is 3.90. The maximum atomic E-state index is 11.3. The van der Waals surface area contributed by atoms with E-state index in [1.807, 2.05) is 19.0 Å². The van der Waals surface area contributed by atoms with Gasteiger partial charge >= 0.3 is 5.97 Å². The van der Waals surface area contributed by atoms with Crippen LogP contribution < -0.4 is 0 Å². The van der Waals surface area contributed by atoms with Gasteiger partial charge in [0.2, 0.25) is 0 Å². The van der Waals surface area contributed by atoms with Crippen LogP contribution in [0.4, 0.5) is 0 Å². The molecule has 0 saturated heterocycles. The van der Waals surface area contributed by atoms with Crippen LogP contribution in [0.2, 0.25) is 0 Å². The van der Waals surface area contributed by atoms with Gasteiger partial charge in [-0.1, -0.05) is 0 Å². The van der Waals surface area contributed by atoms with Gasteiger partial charge in [-0.2, -0.15) is 0 Å². The Bertz CT molecular complexity index is 164. The molecule has 0 radical (unpaired) electrons. The normalized spacial score (nSPS) is 19.3. The Balaban J connectivity index is 2.42. The Hall–Kier alpha value is -0.570. The molecule has 0 spiro atoms. The number of ether oxygens (including phenoxy) is 1. The van der Waals surface area contributed by atoms with Crippen molar-refractivity contribution in [2.24, 2.45) is 11.8 Å². The Morgan fingerprint density at radius 1 is 1.58 bits per heavy atom. The van der Waals surface area contributed by atoms with Gasteiger partial charge in [-0.3, -0.25) is 4.79 Å². The molecule has 1 fully saturated rings. The van der Waals surface area contributed by atoms with Crippen LogP contribution in [0, 0.1) is 11.8 Å². The molecule has 0 amide bonds. The lowest BCUT2D eigenvalue weighted by Gasteiger charge is -2.17. The third-order valence-electron chi connectivity index (χ3n) is 2.26. The minimum absolute atomic E-state index is 0.0498. The Kier molecular flexibility index (Phi) is 3.09. The van der Waals surface area contributed by atoms with Crippen LogP contribution >= 0.6 is 0 Å². The lowest BCUT2D eigenvalue weighted by molar-refractivity contribution is -0.146. The zero-order valence-corrected chi connectivity index (χ0v) is 8.04. The van der Waals surface area contributed by atoms with E-state index in [1.54, 1.807) is 0 Å². The van der Waals surface area contributed by atoms with Crippen LogP contribution in [0.15, 0.2) is 0 Å². The molecule has 1 rings (SSSR count). The molecule has 70 valence electrons. The first-order chi connectivity index (χ1) is 5.65. The van der Waals surface area contributed by atoms with Crippen LogP contribution in [0.25, 0.3) is 0 Å². The van der Waals surface area contributed by atoms with E-state index in [-0.39, 0.29) is 11.9 Å². The van der Waals surface area contributed by atoms with Gasteiger partial charge in [-0.05, 0) is 32.9 Å². The quantitative estimate of drug-likeness (QED) is 0.584. The molecular weight excluding hydrogens is 154 g/mol. The fourth-order valence-electron chi connectivity index (χ4n) is 1.46. The molecule has 1 unspecified atom stereocenters. The first kappa shape index (κ1) is 9.52. The Labute approximate surface area is 73.7 Å².